The lowest BCUT2D eigenvalue weighted by Gasteiger charge is -2.19. The van der Waals surface area contributed by atoms with Crippen molar-refractivity contribution in [2.75, 3.05) is 20.3 Å². The highest BCUT2D eigenvalue weighted by atomic mass is 16.7. The van der Waals surface area contributed by atoms with E-state index in [0.717, 1.165) is 5.39 Å². The van der Waals surface area contributed by atoms with Gasteiger partial charge in [0.25, 0.3) is 0 Å². The van der Waals surface area contributed by atoms with E-state index in [1.807, 2.05) is 0 Å². The fraction of sp³-hybridized carbons (Fsp3) is 0.500. The van der Waals surface area contributed by atoms with E-state index in [-0.39, 0.29) is 18.2 Å². The molecule has 0 bridgehead atoms. The predicted octanol–water partition coefficient (Wildman–Crippen LogP) is -0.327. The number of hydrogen-bond acceptors (Lipinski definition) is 7. The zero-order valence-corrected chi connectivity index (χ0v) is 15.0. The van der Waals surface area contributed by atoms with Crippen molar-refractivity contribution in [3.63, 3.8) is 0 Å². The summed E-state index contributed by atoms with van der Waals surface area (Å²) in [6, 6.07) is 3.32. The highest BCUT2D eigenvalue weighted by Gasteiger charge is 2.44. The number of carbonyl (C=O) groups excluding carboxylic acids is 1. The molecule has 0 saturated carbocycles. The molecule has 2 unspecified atom stereocenters. The van der Waals surface area contributed by atoms with Crippen LogP contribution in [0.5, 0.6) is 11.5 Å². The quantitative estimate of drug-likeness (QED) is 0.444. The number of hydrogen-bond donors (Lipinski definition) is 5. The van der Waals surface area contributed by atoms with Gasteiger partial charge in [-0.1, -0.05) is 0 Å². The number of aromatic amines is 1. The van der Waals surface area contributed by atoms with Gasteiger partial charge in [0.2, 0.25) is 12.2 Å². The fourth-order valence-electron chi connectivity index (χ4n) is 2.96. The Morgan fingerprint density at radius 3 is 2.78 bits per heavy atom. The number of rotatable bonds is 7. The summed E-state index contributed by atoms with van der Waals surface area (Å²) in [5, 5.41) is 32.5. The molecule has 1 aliphatic heterocycles. The fourth-order valence-corrected chi connectivity index (χ4v) is 2.96. The van der Waals surface area contributed by atoms with E-state index in [4.69, 9.17) is 15.6 Å². The molecular weight excluding hydrogens is 356 g/mol. The van der Waals surface area contributed by atoms with E-state index in [1.165, 1.54) is 14.0 Å². The van der Waals surface area contributed by atoms with Crippen LogP contribution in [0.25, 0.3) is 10.9 Å². The minimum absolute atomic E-state index is 0.172. The van der Waals surface area contributed by atoms with Crippen molar-refractivity contribution in [3.05, 3.63) is 23.9 Å². The summed E-state index contributed by atoms with van der Waals surface area (Å²) in [6.07, 6.45) is -3.69. The van der Waals surface area contributed by atoms with Crippen LogP contribution in [0.1, 0.15) is 13.9 Å². The second-order valence-corrected chi connectivity index (χ2v) is 6.26. The number of carbonyl (C=O) groups is 1. The monoisotopic (exact) mass is 381 g/mol. The number of aliphatic hydroxyl groups excluding tert-OH is 3. The van der Waals surface area contributed by atoms with E-state index < -0.39 is 37.6 Å². The van der Waals surface area contributed by atoms with Crippen LogP contribution in [0.3, 0.4) is 0 Å². The van der Waals surface area contributed by atoms with Crippen LogP contribution in [-0.4, -0.2) is 71.1 Å². The Hall–Kier alpha value is -2.33. The molecule has 1 aliphatic rings. The molecule has 9 heteroatoms. The maximum Gasteiger partial charge on any atom is 0.229 e. The van der Waals surface area contributed by atoms with Gasteiger partial charge in [-0.05, 0) is 18.0 Å². The zero-order chi connectivity index (χ0) is 20.4. The van der Waals surface area contributed by atoms with Gasteiger partial charge in [0.1, 0.15) is 18.3 Å². The smallest absolute Gasteiger partial charge is 0.229 e. The van der Waals surface area contributed by atoms with Crippen LogP contribution in [-0.2, 0) is 15.9 Å². The van der Waals surface area contributed by atoms with Crippen molar-refractivity contribution < 1.29 is 35.7 Å². The number of aromatic nitrogens is 1. The Bertz CT molecular complexity index is 843. The highest BCUT2D eigenvalue weighted by molar-refractivity contribution is 5.86. The Balaban J connectivity index is 1.86. The minimum atomic E-state index is -1.33. The van der Waals surface area contributed by atoms with Gasteiger partial charge in [0, 0.05) is 38.0 Å². The van der Waals surface area contributed by atoms with Gasteiger partial charge in [-0.15, -0.1) is 0 Å². The van der Waals surface area contributed by atoms with Gasteiger partial charge in [-0.2, -0.15) is 0 Å². The Morgan fingerprint density at radius 1 is 1.37 bits per heavy atom. The third kappa shape index (κ3) is 4.01. The van der Waals surface area contributed by atoms with Gasteiger partial charge in [0.05, 0.1) is 13.7 Å². The molecule has 1 aromatic heterocycles. The van der Waals surface area contributed by atoms with Crippen molar-refractivity contribution in [3.8, 4) is 11.5 Å². The Labute approximate surface area is 157 Å². The summed E-state index contributed by atoms with van der Waals surface area (Å²) >= 11 is 0. The number of methoxy groups -OCH3 is 1. The molecule has 0 spiro atoms. The first kappa shape index (κ1) is 18.1. The summed E-state index contributed by atoms with van der Waals surface area (Å²) in [5.74, 6) is 0.406. The lowest BCUT2D eigenvalue weighted by Crippen LogP contribution is -2.35. The second kappa shape index (κ2) is 8.13. The van der Waals surface area contributed by atoms with Crippen LogP contribution in [0.2, 0.25) is 0 Å². The van der Waals surface area contributed by atoms with Crippen LogP contribution in [0, 0.1) is 0 Å². The molecule has 5 N–H and O–H groups in total. The van der Waals surface area contributed by atoms with Crippen LogP contribution < -0.4 is 14.8 Å². The molecule has 1 aromatic carbocycles. The summed E-state index contributed by atoms with van der Waals surface area (Å²) < 4.78 is 24.6. The SMILES string of the molecule is [2H]C(CNC(C)=O)c1c[nH]c2cc(OC3O[C@H](CO)[C@H](O)[C@H]3O)c(OC)cc12. The average Bonchev–Trinajstić information content (AvgIpc) is 3.21. The second-order valence-electron chi connectivity index (χ2n) is 6.26. The van der Waals surface area contributed by atoms with Crippen LogP contribution in [0.4, 0.5) is 0 Å². The number of ether oxygens (including phenoxy) is 3. The number of fused-ring (bicyclic) bond motifs is 1. The number of aliphatic hydroxyl groups is 3. The van der Waals surface area contributed by atoms with Crippen LogP contribution >= 0.6 is 0 Å². The first-order valence-electron chi connectivity index (χ1n) is 9.08. The van der Waals surface area contributed by atoms with Crippen molar-refractivity contribution >= 4 is 16.8 Å². The Kier molecular flexibility index (Phi) is 5.44. The van der Waals surface area contributed by atoms with Gasteiger partial charge in [0.15, 0.2) is 11.5 Å². The number of amides is 1. The molecule has 1 amide bonds. The molecule has 148 valence electrons. The molecule has 0 aliphatic carbocycles. The van der Waals surface area contributed by atoms with Gasteiger partial charge in [-0.3, -0.25) is 4.79 Å². The molecule has 5 atom stereocenters. The lowest BCUT2D eigenvalue weighted by molar-refractivity contribution is -0.118. The van der Waals surface area contributed by atoms with Crippen molar-refractivity contribution in [2.45, 2.75) is 37.9 Å². The van der Waals surface area contributed by atoms with Gasteiger partial charge >= 0.3 is 0 Å². The molecule has 3 rings (SSSR count). The lowest BCUT2D eigenvalue weighted by atomic mass is 10.1. The molecule has 0 radical (unpaired) electrons. The maximum absolute atomic E-state index is 11.1. The number of benzene rings is 1. The molecule has 9 nitrogen and oxygen atoms in total. The third-order valence-corrected chi connectivity index (χ3v) is 4.41. The first-order chi connectivity index (χ1) is 13.3. The summed E-state index contributed by atoms with van der Waals surface area (Å²) in [6.45, 7) is 1.12. The van der Waals surface area contributed by atoms with E-state index >= 15 is 0 Å². The number of nitrogens with one attached hydrogen (secondary N) is 2. The average molecular weight is 381 g/mol. The van der Waals surface area contributed by atoms with E-state index in [2.05, 4.69) is 10.3 Å². The molecule has 1 saturated heterocycles. The summed E-state index contributed by atoms with van der Waals surface area (Å²) in [7, 11) is 1.45. The normalized spacial score (nSPS) is 26.6. The molecule has 27 heavy (non-hydrogen) atoms. The van der Waals surface area contributed by atoms with Gasteiger partial charge < -0.3 is 39.8 Å². The third-order valence-electron chi connectivity index (χ3n) is 4.41. The van der Waals surface area contributed by atoms with Crippen molar-refractivity contribution in [2.24, 2.45) is 0 Å². The predicted molar refractivity (Wildman–Crippen MR) is 95.6 cm³/mol. The maximum atomic E-state index is 11.1. The topological polar surface area (TPSA) is 133 Å². The molecule has 2 aromatic rings. The molecule has 2 heterocycles. The summed E-state index contributed by atoms with van der Waals surface area (Å²) in [5.41, 5.74) is 1.35. The minimum Gasteiger partial charge on any atom is -0.493 e. The highest BCUT2D eigenvalue weighted by Crippen LogP contribution is 2.36. The van der Waals surface area contributed by atoms with Crippen molar-refractivity contribution in [1.29, 1.82) is 0 Å². The van der Waals surface area contributed by atoms with E-state index in [0.29, 0.717) is 16.8 Å². The number of H-pyrrole nitrogens is 1. The molecule has 1 fully saturated rings. The zero-order valence-electron chi connectivity index (χ0n) is 16.0. The first-order valence-corrected chi connectivity index (χ1v) is 8.50. The van der Waals surface area contributed by atoms with Gasteiger partial charge in [-0.25, -0.2) is 0 Å². The van der Waals surface area contributed by atoms with Crippen LogP contribution in [0.15, 0.2) is 18.3 Å². The molecular formula is C18H24N2O7. The van der Waals surface area contributed by atoms with E-state index in [1.54, 1.807) is 18.3 Å². The standard InChI is InChI=1S/C18H24N2O7/c1-9(22)19-4-3-10-7-20-12-6-14(13(25-2)5-11(10)12)26-18-17(24)16(23)15(8-21)27-18/h5-7,15-18,20-21,23-24H,3-4,8H2,1-2H3,(H,19,22)/t15-,16+,17-,18?/m1/s1/i3D/t3?,15-,16+,17-,18?. The van der Waals surface area contributed by atoms with Crippen molar-refractivity contribution in [1.82, 2.24) is 10.3 Å². The largest absolute Gasteiger partial charge is 0.493 e. The Morgan fingerprint density at radius 2 is 2.15 bits per heavy atom. The summed E-state index contributed by atoms with van der Waals surface area (Å²) in [4.78, 5) is 14.1. The van der Waals surface area contributed by atoms with E-state index in [9.17, 15) is 20.1 Å².